The fraction of sp³-hybridized carbons (Fsp3) is 1.00. The number of likely N-dealkylation sites (tertiary alicyclic amines) is 1. The van der Waals surface area contributed by atoms with Crippen molar-refractivity contribution >= 4 is 0 Å². The summed E-state index contributed by atoms with van der Waals surface area (Å²) in [5, 5.41) is 0. The van der Waals surface area contributed by atoms with E-state index in [0.717, 1.165) is 24.4 Å². The van der Waals surface area contributed by atoms with Crippen LogP contribution in [0.4, 0.5) is 0 Å². The molecule has 16 heavy (non-hydrogen) atoms. The predicted octanol–water partition coefficient (Wildman–Crippen LogP) is 2.87. The van der Waals surface area contributed by atoms with Crippen molar-refractivity contribution in [3.63, 3.8) is 0 Å². The van der Waals surface area contributed by atoms with Gasteiger partial charge in [0.25, 0.3) is 0 Å². The second-order valence-electron chi connectivity index (χ2n) is 5.90. The van der Waals surface area contributed by atoms with Crippen LogP contribution in [0.25, 0.3) is 0 Å². The molecule has 1 saturated heterocycles. The van der Waals surface area contributed by atoms with Crippen molar-refractivity contribution in [2.75, 3.05) is 19.6 Å². The Kier molecular flexibility index (Phi) is 6.37. The first kappa shape index (κ1) is 14.0. The van der Waals surface area contributed by atoms with E-state index in [1.807, 2.05) is 0 Å². The molecule has 0 aromatic heterocycles. The van der Waals surface area contributed by atoms with Gasteiger partial charge >= 0.3 is 0 Å². The van der Waals surface area contributed by atoms with Crippen molar-refractivity contribution in [1.82, 2.24) is 4.90 Å². The van der Waals surface area contributed by atoms with Gasteiger partial charge in [-0.05, 0) is 64.0 Å². The van der Waals surface area contributed by atoms with E-state index in [2.05, 4.69) is 25.7 Å². The standard InChI is InChI=1S/C14H30N2/c1-12(2)6-7-13(3)16-10-4-5-14(11-16)8-9-15/h12-14H,4-11,15H2,1-3H3. The fourth-order valence-corrected chi connectivity index (χ4v) is 2.73. The summed E-state index contributed by atoms with van der Waals surface area (Å²) < 4.78 is 0. The number of hydrogen-bond donors (Lipinski definition) is 1. The summed E-state index contributed by atoms with van der Waals surface area (Å²) >= 11 is 0. The quantitative estimate of drug-likeness (QED) is 0.754. The lowest BCUT2D eigenvalue weighted by Gasteiger charge is -2.37. The summed E-state index contributed by atoms with van der Waals surface area (Å²) in [6, 6.07) is 0.767. The molecule has 0 aromatic rings. The molecule has 1 heterocycles. The Balaban J connectivity index is 2.28. The Morgan fingerprint density at radius 1 is 1.25 bits per heavy atom. The van der Waals surface area contributed by atoms with Crippen LogP contribution in [-0.2, 0) is 0 Å². The highest BCUT2D eigenvalue weighted by atomic mass is 15.2. The zero-order valence-corrected chi connectivity index (χ0v) is 11.4. The molecular formula is C14H30N2. The summed E-state index contributed by atoms with van der Waals surface area (Å²) in [6.07, 6.45) is 6.70. The molecule has 1 aliphatic rings. The van der Waals surface area contributed by atoms with Crippen molar-refractivity contribution in [2.24, 2.45) is 17.6 Å². The van der Waals surface area contributed by atoms with E-state index >= 15 is 0 Å². The third kappa shape index (κ3) is 4.84. The van der Waals surface area contributed by atoms with Crippen LogP contribution in [-0.4, -0.2) is 30.6 Å². The molecule has 0 amide bonds. The van der Waals surface area contributed by atoms with Gasteiger partial charge in [0, 0.05) is 12.6 Å². The highest BCUT2D eigenvalue weighted by Crippen LogP contribution is 2.22. The number of nitrogens with zero attached hydrogens (tertiary/aromatic N) is 1. The SMILES string of the molecule is CC(C)CCC(C)N1CCCC(CCN)C1. The molecule has 2 unspecified atom stereocenters. The highest BCUT2D eigenvalue weighted by molar-refractivity contribution is 4.77. The molecule has 2 heteroatoms. The van der Waals surface area contributed by atoms with Gasteiger partial charge in [0.15, 0.2) is 0 Å². The molecule has 2 N–H and O–H groups in total. The maximum atomic E-state index is 5.66. The summed E-state index contributed by atoms with van der Waals surface area (Å²) in [5.41, 5.74) is 5.66. The topological polar surface area (TPSA) is 29.3 Å². The van der Waals surface area contributed by atoms with Crippen molar-refractivity contribution in [1.29, 1.82) is 0 Å². The lowest BCUT2D eigenvalue weighted by molar-refractivity contribution is 0.119. The van der Waals surface area contributed by atoms with Gasteiger partial charge in [-0.2, -0.15) is 0 Å². The maximum absolute atomic E-state index is 5.66. The van der Waals surface area contributed by atoms with E-state index < -0.39 is 0 Å². The monoisotopic (exact) mass is 226 g/mol. The molecule has 1 fully saturated rings. The van der Waals surface area contributed by atoms with Crippen LogP contribution in [0.1, 0.15) is 52.9 Å². The van der Waals surface area contributed by atoms with Gasteiger partial charge < -0.3 is 10.6 Å². The molecular weight excluding hydrogens is 196 g/mol. The van der Waals surface area contributed by atoms with E-state index in [4.69, 9.17) is 5.73 Å². The minimum absolute atomic E-state index is 0.767. The van der Waals surface area contributed by atoms with Gasteiger partial charge in [-0.1, -0.05) is 13.8 Å². The zero-order valence-electron chi connectivity index (χ0n) is 11.4. The second-order valence-corrected chi connectivity index (χ2v) is 5.90. The molecule has 0 aromatic carbocycles. The van der Waals surface area contributed by atoms with Crippen LogP contribution in [0.5, 0.6) is 0 Å². The Labute approximate surface area is 102 Å². The third-order valence-corrected chi connectivity index (χ3v) is 3.91. The van der Waals surface area contributed by atoms with Crippen LogP contribution >= 0.6 is 0 Å². The predicted molar refractivity (Wildman–Crippen MR) is 71.5 cm³/mol. The van der Waals surface area contributed by atoms with Crippen molar-refractivity contribution < 1.29 is 0 Å². The Bertz CT molecular complexity index is 178. The van der Waals surface area contributed by atoms with Crippen LogP contribution in [0.15, 0.2) is 0 Å². The maximum Gasteiger partial charge on any atom is 0.00671 e. The summed E-state index contributed by atoms with van der Waals surface area (Å²) in [4.78, 5) is 2.69. The first-order chi connectivity index (χ1) is 7.63. The van der Waals surface area contributed by atoms with Gasteiger partial charge in [0.1, 0.15) is 0 Å². The van der Waals surface area contributed by atoms with Crippen LogP contribution in [0, 0.1) is 11.8 Å². The third-order valence-electron chi connectivity index (χ3n) is 3.91. The summed E-state index contributed by atoms with van der Waals surface area (Å²) in [7, 11) is 0. The largest absolute Gasteiger partial charge is 0.330 e. The number of nitrogens with two attached hydrogens (primary N) is 1. The lowest BCUT2D eigenvalue weighted by atomic mass is 9.93. The number of piperidine rings is 1. The molecule has 1 rings (SSSR count). The molecule has 1 aliphatic heterocycles. The Morgan fingerprint density at radius 2 is 2.00 bits per heavy atom. The van der Waals surface area contributed by atoms with Crippen molar-refractivity contribution in [3.8, 4) is 0 Å². The van der Waals surface area contributed by atoms with Gasteiger partial charge in [-0.15, -0.1) is 0 Å². The fourth-order valence-electron chi connectivity index (χ4n) is 2.73. The number of hydrogen-bond acceptors (Lipinski definition) is 2. The second kappa shape index (κ2) is 7.29. The summed E-state index contributed by atoms with van der Waals surface area (Å²) in [6.45, 7) is 10.5. The minimum atomic E-state index is 0.767. The molecule has 96 valence electrons. The van der Waals surface area contributed by atoms with Crippen molar-refractivity contribution in [2.45, 2.75) is 58.9 Å². The zero-order chi connectivity index (χ0) is 12.0. The molecule has 0 aliphatic carbocycles. The van der Waals surface area contributed by atoms with E-state index in [-0.39, 0.29) is 0 Å². The molecule has 0 radical (unpaired) electrons. The smallest absolute Gasteiger partial charge is 0.00671 e. The molecule has 0 saturated carbocycles. The number of rotatable bonds is 6. The highest BCUT2D eigenvalue weighted by Gasteiger charge is 2.22. The van der Waals surface area contributed by atoms with Crippen LogP contribution < -0.4 is 5.73 Å². The van der Waals surface area contributed by atoms with E-state index in [9.17, 15) is 0 Å². The van der Waals surface area contributed by atoms with Gasteiger partial charge in [-0.3, -0.25) is 0 Å². The van der Waals surface area contributed by atoms with Gasteiger partial charge in [0.05, 0.1) is 0 Å². The van der Waals surface area contributed by atoms with E-state index in [1.165, 1.54) is 45.2 Å². The molecule has 2 nitrogen and oxygen atoms in total. The van der Waals surface area contributed by atoms with Crippen molar-refractivity contribution in [3.05, 3.63) is 0 Å². The van der Waals surface area contributed by atoms with Gasteiger partial charge in [-0.25, -0.2) is 0 Å². The normalized spacial score (nSPS) is 24.9. The molecule has 0 bridgehead atoms. The van der Waals surface area contributed by atoms with Crippen LogP contribution in [0.3, 0.4) is 0 Å². The first-order valence-corrected chi connectivity index (χ1v) is 7.07. The summed E-state index contributed by atoms with van der Waals surface area (Å²) in [5.74, 6) is 1.70. The van der Waals surface area contributed by atoms with Crippen LogP contribution in [0.2, 0.25) is 0 Å². The minimum Gasteiger partial charge on any atom is -0.330 e. The average Bonchev–Trinajstić information content (AvgIpc) is 2.26. The van der Waals surface area contributed by atoms with Gasteiger partial charge in [0.2, 0.25) is 0 Å². The first-order valence-electron chi connectivity index (χ1n) is 7.07. The van der Waals surface area contributed by atoms with E-state index in [1.54, 1.807) is 0 Å². The van der Waals surface area contributed by atoms with E-state index in [0.29, 0.717) is 0 Å². The average molecular weight is 226 g/mol. The Morgan fingerprint density at radius 3 is 2.62 bits per heavy atom. The lowest BCUT2D eigenvalue weighted by Crippen LogP contribution is -2.41. The molecule has 2 atom stereocenters. The Hall–Kier alpha value is -0.0800. The molecule has 0 spiro atoms.